The predicted molar refractivity (Wildman–Crippen MR) is 101 cm³/mol. The topological polar surface area (TPSA) is 113 Å². The van der Waals surface area contributed by atoms with Gasteiger partial charge >= 0.3 is 0 Å². The standard InChI is InChI=1S/C19H25N5O3/c1-27-15-6-2-4-13(10-15)17-16(11-22-23-17)19(26)21-7-9-24-8-3-5-14(12-24)18(20)25/h2,4,6,10-11,14H,3,5,7-9,12H2,1H3,(H2,20,25)(H,21,26)(H,22,23)/t14-/m1/s1. The minimum Gasteiger partial charge on any atom is -0.497 e. The molecule has 0 spiro atoms. The third kappa shape index (κ3) is 4.65. The van der Waals surface area contributed by atoms with Crippen molar-refractivity contribution in [2.75, 3.05) is 33.3 Å². The van der Waals surface area contributed by atoms with Gasteiger partial charge in [0.15, 0.2) is 0 Å². The number of ether oxygens (including phenoxy) is 1. The number of hydrogen-bond acceptors (Lipinski definition) is 5. The summed E-state index contributed by atoms with van der Waals surface area (Å²) in [5.41, 5.74) is 7.37. The molecular formula is C19H25N5O3. The van der Waals surface area contributed by atoms with Crippen molar-refractivity contribution in [3.05, 3.63) is 36.0 Å². The van der Waals surface area contributed by atoms with E-state index in [9.17, 15) is 9.59 Å². The number of aromatic nitrogens is 2. The van der Waals surface area contributed by atoms with Crippen molar-refractivity contribution in [1.82, 2.24) is 20.4 Å². The predicted octanol–water partition coefficient (Wildman–Crippen LogP) is 1.01. The second kappa shape index (κ2) is 8.68. The number of nitrogens with one attached hydrogen (secondary N) is 2. The first-order chi connectivity index (χ1) is 13.1. The molecule has 8 nitrogen and oxygen atoms in total. The molecule has 0 saturated carbocycles. The Labute approximate surface area is 158 Å². The molecule has 2 aromatic rings. The number of nitrogens with zero attached hydrogens (tertiary/aromatic N) is 2. The van der Waals surface area contributed by atoms with Crippen molar-refractivity contribution in [3.63, 3.8) is 0 Å². The number of likely N-dealkylation sites (tertiary alicyclic amines) is 1. The van der Waals surface area contributed by atoms with Gasteiger partial charge in [-0.3, -0.25) is 14.7 Å². The molecule has 0 radical (unpaired) electrons. The van der Waals surface area contributed by atoms with E-state index in [2.05, 4.69) is 20.4 Å². The molecule has 2 amide bonds. The first-order valence-corrected chi connectivity index (χ1v) is 9.06. The smallest absolute Gasteiger partial charge is 0.255 e. The molecule has 3 rings (SSSR count). The van der Waals surface area contributed by atoms with Crippen LogP contribution in [0.2, 0.25) is 0 Å². The summed E-state index contributed by atoms with van der Waals surface area (Å²) < 4.78 is 5.24. The molecule has 1 saturated heterocycles. The maximum absolute atomic E-state index is 12.6. The van der Waals surface area contributed by atoms with E-state index >= 15 is 0 Å². The van der Waals surface area contributed by atoms with Crippen LogP contribution >= 0.6 is 0 Å². The molecule has 1 fully saturated rings. The van der Waals surface area contributed by atoms with E-state index in [0.717, 1.165) is 24.9 Å². The van der Waals surface area contributed by atoms with Crippen LogP contribution in [0.3, 0.4) is 0 Å². The van der Waals surface area contributed by atoms with Gasteiger partial charge in [0.25, 0.3) is 5.91 Å². The van der Waals surface area contributed by atoms with Gasteiger partial charge in [0.2, 0.25) is 5.91 Å². The molecule has 0 unspecified atom stereocenters. The number of piperidine rings is 1. The van der Waals surface area contributed by atoms with Gasteiger partial charge in [-0.15, -0.1) is 0 Å². The van der Waals surface area contributed by atoms with E-state index in [4.69, 9.17) is 10.5 Å². The summed E-state index contributed by atoms with van der Waals surface area (Å²) >= 11 is 0. The van der Waals surface area contributed by atoms with E-state index in [-0.39, 0.29) is 17.7 Å². The Morgan fingerprint density at radius 3 is 3.07 bits per heavy atom. The summed E-state index contributed by atoms with van der Waals surface area (Å²) in [6, 6.07) is 7.45. The van der Waals surface area contributed by atoms with Gasteiger partial charge in [-0.1, -0.05) is 12.1 Å². The molecular weight excluding hydrogens is 346 g/mol. The third-order valence-electron chi connectivity index (χ3n) is 4.86. The van der Waals surface area contributed by atoms with Crippen molar-refractivity contribution < 1.29 is 14.3 Å². The molecule has 1 aromatic heterocycles. The Bertz CT molecular complexity index is 804. The lowest BCUT2D eigenvalue weighted by molar-refractivity contribution is -0.123. The van der Waals surface area contributed by atoms with Crippen LogP contribution in [0.1, 0.15) is 23.2 Å². The number of carbonyl (C=O) groups excluding carboxylic acids is 2. The number of H-pyrrole nitrogens is 1. The molecule has 0 aliphatic carbocycles. The Hall–Kier alpha value is -2.87. The Kier molecular flexibility index (Phi) is 6.08. The molecule has 27 heavy (non-hydrogen) atoms. The first kappa shape index (κ1) is 18.9. The minimum absolute atomic E-state index is 0.0945. The van der Waals surface area contributed by atoms with Crippen LogP contribution in [0.4, 0.5) is 0 Å². The molecule has 0 bridgehead atoms. The number of rotatable bonds is 7. The Balaban J connectivity index is 1.58. The molecule has 2 heterocycles. The number of nitrogens with two attached hydrogens (primary N) is 1. The minimum atomic E-state index is -0.245. The summed E-state index contributed by atoms with van der Waals surface area (Å²) in [6.07, 6.45) is 3.31. The largest absolute Gasteiger partial charge is 0.497 e. The monoisotopic (exact) mass is 371 g/mol. The van der Waals surface area contributed by atoms with Crippen molar-refractivity contribution in [2.45, 2.75) is 12.8 Å². The Morgan fingerprint density at radius 1 is 1.44 bits per heavy atom. The van der Waals surface area contributed by atoms with Gasteiger partial charge in [-0.2, -0.15) is 5.10 Å². The zero-order valence-corrected chi connectivity index (χ0v) is 15.4. The molecule has 1 atom stereocenters. The fourth-order valence-electron chi connectivity index (χ4n) is 3.37. The number of aromatic amines is 1. The Morgan fingerprint density at radius 2 is 2.30 bits per heavy atom. The van der Waals surface area contributed by atoms with Crippen LogP contribution in [-0.4, -0.2) is 60.2 Å². The van der Waals surface area contributed by atoms with E-state index in [0.29, 0.717) is 36.6 Å². The second-order valence-electron chi connectivity index (χ2n) is 6.69. The maximum Gasteiger partial charge on any atom is 0.255 e. The third-order valence-corrected chi connectivity index (χ3v) is 4.86. The highest BCUT2D eigenvalue weighted by atomic mass is 16.5. The normalized spacial score (nSPS) is 17.4. The van der Waals surface area contributed by atoms with Crippen LogP contribution in [-0.2, 0) is 4.79 Å². The summed E-state index contributed by atoms with van der Waals surface area (Å²) in [4.78, 5) is 26.1. The van der Waals surface area contributed by atoms with E-state index in [1.807, 2.05) is 24.3 Å². The number of benzene rings is 1. The number of primary amides is 1. The molecule has 4 N–H and O–H groups in total. The van der Waals surface area contributed by atoms with Crippen molar-refractivity contribution >= 4 is 11.8 Å². The van der Waals surface area contributed by atoms with Crippen molar-refractivity contribution in [3.8, 4) is 17.0 Å². The number of carbonyl (C=O) groups is 2. The fraction of sp³-hybridized carbons (Fsp3) is 0.421. The number of hydrogen-bond donors (Lipinski definition) is 3. The highest BCUT2D eigenvalue weighted by molar-refractivity contribution is 5.99. The molecule has 8 heteroatoms. The lowest BCUT2D eigenvalue weighted by Gasteiger charge is -2.31. The highest BCUT2D eigenvalue weighted by Crippen LogP contribution is 2.25. The van der Waals surface area contributed by atoms with Gasteiger partial charge in [0, 0.05) is 25.2 Å². The SMILES string of the molecule is COc1cccc(-c2[nH]ncc2C(=O)NCCN2CCC[C@@H](C(N)=O)C2)c1. The van der Waals surface area contributed by atoms with Gasteiger partial charge < -0.3 is 20.7 Å². The highest BCUT2D eigenvalue weighted by Gasteiger charge is 2.23. The van der Waals surface area contributed by atoms with Crippen LogP contribution in [0.25, 0.3) is 11.3 Å². The lowest BCUT2D eigenvalue weighted by atomic mass is 9.97. The molecule has 1 aliphatic rings. The summed E-state index contributed by atoms with van der Waals surface area (Å²) in [6.45, 7) is 2.75. The summed E-state index contributed by atoms with van der Waals surface area (Å²) in [5.74, 6) is 0.181. The zero-order valence-electron chi connectivity index (χ0n) is 15.4. The van der Waals surface area contributed by atoms with Crippen molar-refractivity contribution in [1.29, 1.82) is 0 Å². The average Bonchev–Trinajstić information content (AvgIpc) is 3.18. The lowest BCUT2D eigenvalue weighted by Crippen LogP contribution is -2.44. The van der Waals surface area contributed by atoms with Crippen molar-refractivity contribution in [2.24, 2.45) is 11.7 Å². The van der Waals surface area contributed by atoms with E-state index in [1.54, 1.807) is 7.11 Å². The maximum atomic E-state index is 12.6. The molecule has 1 aliphatic heterocycles. The van der Waals surface area contributed by atoms with E-state index in [1.165, 1.54) is 6.20 Å². The van der Waals surface area contributed by atoms with Gasteiger partial charge in [0.1, 0.15) is 5.75 Å². The van der Waals surface area contributed by atoms with Crippen LogP contribution < -0.4 is 15.8 Å². The summed E-state index contributed by atoms with van der Waals surface area (Å²) in [7, 11) is 1.60. The van der Waals surface area contributed by atoms with Gasteiger partial charge in [-0.25, -0.2) is 0 Å². The van der Waals surface area contributed by atoms with Crippen LogP contribution in [0.5, 0.6) is 5.75 Å². The van der Waals surface area contributed by atoms with Gasteiger partial charge in [-0.05, 0) is 31.5 Å². The van der Waals surface area contributed by atoms with E-state index < -0.39 is 0 Å². The van der Waals surface area contributed by atoms with Gasteiger partial charge in [0.05, 0.1) is 30.5 Å². The van der Waals surface area contributed by atoms with Crippen LogP contribution in [0, 0.1) is 5.92 Å². The van der Waals surface area contributed by atoms with Crippen LogP contribution in [0.15, 0.2) is 30.5 Å². The average molecular weight is 371 g/mol. The first-order valence-electron chi connectivity index (χ1n) is 9.06. The molecule has 1 aromatic carbocycles. The fourth-order valence-corrected chi connectivity index (χ4v) is 3.37. The number of methoxy groups -OCH3 is 1. The molecule has 144 valence electrons. The number of amides is 2. The second-order valence-corrected chi connectivity index (χ2v) is 6.69. The zero-order chi connectivity index (χ0) is 19.2. The summed E-state index contributed by atoms with van der Waals surface area (Å²) in [5, 5.41) is 9.83. The quantitative estimate of drug-likeness (QED) is 0.672.